The number of carbonyl (C=O) groups excluding carboxylic acids is 2. The van der Waals surface area contributed by atoms with Crippen molar-refractivity contribution >= 4 is 23.4 Å². The Morgan fingerprint density at radius 2 is 1.89 bits per heavy atom. The molecule has 2 amide bonds. The summed E-state index contributed by atoms with van der Waals surface area (Å²) in [4.78, 5) is 27.4. The Labute approximate surface area is 172 Å². The number of benzene rings is 2. The highest BCUT2D eigenvalue weighted by molar-refractivity contribution is 6.30. The first kappa shape index (κ1) is 22.0. The van der Waals surface area contributed by atoms with E-state index in [0.29, 0.717) is 18.1 Å². The Balaban J connectivity index is 2.20. The maximum absolute atomic E-state index is 13.1. The average Bonchev–Trinajstić information content (AvgIpc) is 2.67. The zero-order chi connectivity index (χ0) is 20.5. The zero-order valence-corrected chi connectivity index (χ0v) is 17.6. The van der Waals surface area contributed by atoms with E-state index in [2.05, 4.69) is 12.2 Å². The number of halogens is 1. The zero-order valence-electron chi connectivity index (χ0n) is 16.9. The van der Waals surface area contributed by atoms with Crippen molar-refractivity contribution in [1.29, 1.82) is 0 Å². The average molecular weight is 401 g/mol. The van der Waals surface area contributed by atoms with Crippen LogP contribution in [0.2, 0.25) is 5.02 Å². The molecule has 2 rings (SSSR count). The minimum Gasteiger partial charge on any atom is -0.354 e. The van der Waals surface area contributed by atoms with Crippen LogP contribution in [-0.2, 0) is 22.6 Å². The second-order valence-electron chi connectivity index (χ2n) is 7.08. The van der Waals surface area contributed by atoms with Crippen LogP contribution in [0.25, 0.3) is 0 Å². The molecule has 0 aliphatic heterocycles. The largest absolute Gasteiger partial charge is 0.354 e. The number of rotatable bonds is 9. The van der Waals surface area contributed by atoms with Gasteiger partial charge in [0.05, 0.1) is 6.42 Å². The molecule has 0 aliphatic carbocycles. The van der Waals surface area contributed by atoms with E-state index in [1.807, 2.05) is 49.4 Å². The number of nitrogens with zero attached hydrogens (tertiary/aromatic N) is 1. The highest BCUT2D eigenvalue weighted by atomic mass is 35.5. The quantitative estimate of drug-likeness (QED) is 0.629. The highest BCUT2D eigenvalue weighted by Crippen LogP contribution is 2.17. The van der Waals surface area contributed by atoms with Crippen LogP contribution in [0.4, 0.5) is 0 Å². The smallest absolute Gasteiger partial charge is 0.242 e. The van der Waals surface area contributed by atoms with Crippen molar-refractivity contribution < 1.29 is 9.59 Å². The van der Waals surface area contributed by atoms with Gasteiger partial charge in [0.2, 0.25) is 11.8 Å². The lowest BCUT2D eigenvalue weighted by atomic mass is 10.0. The van der Waals surface area contributed by atoms with Gasteiger partial charge in [-0.2, -0.15) is 0 Å². The minimum atomic E-state index is -0.563. The first-order chi connectivity index (χ1) is 13.4. The lowest BCUT2D eigenvalue weighted by Crippen LogP contribution is -2.48. The molecule has 0 radical (unpaired) electrons. The number of amides is 2. The molecule has 28 heavy (non-hydrogen) atoms. The first-order valence-corrected chi connectivity index (χ1v) is 10.2. The number of hydrogen-bond donors (Lipinski definition) is 1. The van der Waals surface area contributed by atoms with E-state index in [-0.39, 0.29) is 18.2 Å². The predicted molar refractivity (Wildman–Crippen MR) is 114 cm³/mol. The summed E-state index contributed by atoms with van der Waals surface area (Å²) in [5.41, 5.74) is 2.94. The van der Waals surface area contributed by atoms with Crippen molar-refractivity contribution in [3.63, 3.8) is 0 Å². The lowest BCUT2D eigenvalue weighted by molar-refractivity contribution is -0.140. The van der Waals surface area contributed by atoms with Gasteiger partial charge in [-0.3, -0.25) is 9.59 Å². The summed E-state index contributed by atoms with van der Waals surface area (Å²) >= 11 is 6.10. The summed E-state index contributed by atoms with van der Waals surface area (Å²) in [6.45, 7) is 6.81. The molecule has 0 saturated carbocycles. The molecular formula is C23H29ClN2O2. The molecule has 0 aromatic heterocycles. The molecule has 1 N–H and O–H groups in total. The van der Waals surface area contributed by atoms with Crippen LogP contribution in [0, 0.1) is 6.92 Å². The van der Waals surface area contributed by atoms with Crippen LogP contribution in [0.15, 0.2) is 48.5 Å². The summed E-state index contributed by atoms with van der Waals surface area (Å²) in [5.74, 6) is -0.207. The van der Waals surface area contributed by atoms with Crippen LogP contribution in [0.1, 0.15) is 43.4 Å². The highest BCUT2D eigenvalue weighted by Gasteiger charge is 2.26. The molecule has 1 unspecified atom stereocenters. The van der Waals surface area contributed by atoms with Crippen LogP contribution in [0.5, 0.6) is 0 Å². The summed E-state index contributed by atoms with van der Waals surface area (Å²) in [6.07, 6.45) is 2.19. The molecule has 1 atom stereocenters. The van der Waals surface area contributed by atoms with Gasteiger partial charge in [0, 0.05) is 18.1 Å². The third kappa shape index (κ3) is 6.38. The van der Waals surface area contributed by atoms with Gasteiger partial charge < -0.3 is 10.2 Å². The molecule has 2 aromatic carbocycles. The SMILES string of the molecule is CCCCNC(=O)C(C)N(Cc1cccc(Cl)c1)C(=O)Cc1ccccc1C. The van der Waals surface area contributed by atoms with E-state index in [1.165, 1.54) is 0 Å². The fourth-order valence-corrected chi connectivity index (χ4v) is 3.24. The second-order valence-corrected chi connectivity index (χ2v) is 7.51. The summed E-state index contributed by atoms with van der Waals surface area (Å²) < 4.78 is 0. The normalized spacial score (nSPS) is 11.7. The topological polar surface area (TPSA) is 49.4 Å². The fraction of sp³-hybridized carbons (Fsp3) is 0.391. The maximum atomic E-state index is 13.1. The fourth-order valence-electron chi connectivity index (χ4n) is 3.02. The molecule has 150 valence electrons. The summed E-state index contributed by atoms with van der Waals surface area (Å²) in [6, 6.07) is 14.7. The second kappa shape index (κ2) is 10.9. The van der Waals surface area contributed by atoms with E-state index in [9.17, 15) is 9.59 Å². The molecular weight excluding hydrogens is 372 g/mol. The first-order valence-electron chi connectivity index (χ1n) is 9.78. The van der Waals surface area contributed by atoms with Gasteiger partial charge in [-0.25, -0.2) is 0 Å². The number of carbonyl (C=O) groups is 2. The van der Waals surface area contributed by atoms with Gasteiger partial charge >= 0.3 is 0 Å². The molecule has 0 bridgehead atoms. The van der Waals surface area contributed by atoms with Gasteiger partial charge in [-0.1, -0.05) is 61.3 Å². The van der Waals surface area contributed by atoms with Gasteiger partial charge in [0.1, 0.15) is 6.04 Å². The van der Waals surface area contributed by atoms with Crippen LogP contribution < -0.4 is 5.32 Å². The van der Waals surface area contributed by atoms with Crippen molar-refractivity contribution in [2.24, 2.45) is 0 Å². The Morgan fingerprint density at radius 3 is 2.57 bits per heavy atom. The van der Waals surface area contributed by atoms with Crippen LogP contribution >= 0.6 is 11.6 Å². The summed E-state index contributed by atoms with van der Waals surface area (Å²) in [5, 5.41) is 3.55. The van der Waals surface area contributed by atoms with Gasteiger partial charge in [0.25, 0.3) is 0 Å². The molecule has 0 saturated heterocycles. The Bertz CT molecular complexity index is 807. The van der Waals surface area contributed by atoms with Crippen molar-refractivity contribution in [3.8, 4) is 0 Å². The van der Waals surface area contributed by atoms with E-state index < -0.39 is 6.04 Å². The minimum absolute atomic E-state index is 0.0765. The summed E-state index contributed by atoms with van der Waals surface area (Å²) in [7, 11) is 0. The van der Waals surface area contributed by atoms with Crippen molar-refractivity contribution in [2.75, 3.05) is 6.54 Å². The van der Waals surface area contributed by atoms with Gasteiger partial charge in [0.15, 0.2) is 0 Å². The van der Waals surface area contributed by atoms with Gasteiger partial charge in [-0.05, 0) is 49.1 Å². The number of nitrogens with one attached hydrogen (secondary N) is 1. The van der Waals surface area contributed by atoms with E-state index in [4.69, 9.17) is 11.6 Å². The number of unbranched alkanes of at least 4 members (excludes halogenated alkanes) is 1. The van der Waals surface area contributed by atoms with Crippen LogP contribution in [0.3, 0.4) is 0 Å². The third-order valence-electron chi connectivity index (χ3n) is 4.84. The Hall–Kier alpha value is -2.33. The van der Waals surface area contributed by atoms with Crippen LogP contribution in [-0.4, -0.2) is 29.3 Å². The molecule has 0 spiro atoms. The van der Waals surface area contributed by atoms with E-state index >= 15 is 0 Å². The molecule has 0 heterocycles. The van der Waals surface area contributed by atoms with E-state index in [1.54, 1.807) is 17.9 Å². The Kier molecular flexibility index (Phi) is 8.52. The van der Waals surface area contributed by atoms with Crippen molar-refractivity contribution in [3.05, 3.63) is 70.2 Å². The van der Waals surface area contributed by atoms with Crippen molar-refractivity contribution in [2.45, 2.75) is 52.6 Å². The third-order valence-corrected chi connectivity index (χ3v) is 5.08. The molecule has 0 fully saturated rings. The van der Waals surface area contributed by atoms with E-state index in [0.717, 1.165) is 29.5 Å². The number of aryl methyl sites for hydroxylation is 1. The predicted octanol–water partition coefficient (Wildman–Crippen LogP) is 4.52. The monoisotopic (exact) mass is 400 g/mol. The molecule has 4 nitrogen and oxygen atoms in total. The Morgan fingerprint density at radius 1 is 1.14 bits per heavy atom. The number of hydrogen-bond acceptors (Lipinski definition) is 2. The molecule has 0 aliphatic rings. The molecule has 2 aromatic rings. The standard InChI is InChI=1S/C23H29ClN2O2/c1-4-5-13-25-23(28)18(3)26(16-19-10-8-12-21(24)14-19)22(27)15-20-11-7-6-9-17(20)2/h6-12,14,18H,4-5,13,15-16H2,1-3H3,(H,25,28). The van der Waals surface area contributed by atoms with Crippen molar-refractivity contribution in [1.82, 2.24) is 10.2 Å². The maximum Gasteiger partial charge on any atom is 0.242 e. The van der Waals surface area contributed by atoms with Gasteiger partial charge in [-0.15, -0.1) is 0 Å². The molecule has 5 heteroatoms. The lowest BCUT2D eigenvalue weighted by Gasteiger charge is -2.29.